The van der Waals surface area contributed by atoms with E-state index in [0.717, 1.165) is 15.4 Å². The molecule has 0 saturated carbocycles. The Morgan fingerprint density at radius 2 is 2.16 bits per heavy atom. The SMILES string of the molecule is Cc1ccc(C#N)c(Sc2ccnc(C(=O)O)c2)c1. The maximum absolute atomic E-state index is 10.9. The molecule has 2 rings (SSSR count). The lowest BCUT2D eigenvalue weighted by atomic mass is 10.2. The Hall–Kier alpha value is -2.32. The molecule has 0 radical (unpaired) electrons. The van der Waals surface area contributed by atoms with Gasteiger partial charge in [-0.15, -0.1) is 0 Å². The van der Waals surface area contributed by atoms with Gasteiger partial charge in [0.1, 0.15) is 11.8 Å². The van der Waals surface area contributed by atoms with Crippen molar-refractivity contribution in [3.63, 3.8) is 0 Å². The second-order valence-electron chi connectivity index (χ2n) is 3.90. The zero-order chi connectivity index (χ0) is 13.8. The molecule has 0 fully saturated rings. The highest BCUT2D eigenvalue weighted by atomic mass is 32.2. The Morgan fingerprint density at radius 3 is 2.84 bits per heavy atom. The number of carboxylic acids is 1. The molecule has 0 aliphatic heterocycles. The fourth-order valence-electron chi connectivity index (χ4n) is 1.52. The Kier molecular flexibility index (Phi) is 3.83. The van der Waals surface area contributed by atoms with Gasteiger partial charge in [0, 0.05) is 16.0 Å². The van der Waals surface area contributed by atoms with E-state index < -0.39 is 5.97 Å². The number of pyridine rings is 1. The first-order chi connectivity index (χ1) is 9.10. The molecule has 1 aromatic heterocycles. The van der Waals surface area contributed by atoms with E-state index in [2.05, 4.69) is 11.1 Å². The molecule has 1 N–H and O–H groups in total. The lowest BCUT2D eigenvalue weighted by Crippen LogP contribution is -1.99. The first-order valence-corrected chi connectivity index (χ1v) is 6.30. The predicted octanol–water partition coefficient (Wildman–Crippen LogP) is 3.11. The number of benzene rings is 1. The van der Waals surface area contributed by atoms with Crippen LogP contribution in [0.4, 0.5) is 0 Å². The maximum atomic E-state index is 10.9. The van der Waals surface area contributed by atoms with Crippen molar-refractivity contribution in [3.8, 4) is 6.07 Å². The summed E-state index contributed by atoms with van der Waals surface area (Å²) in [6.07, 6.45) is 1.45. The summed E-state index contributed by atoms with van der Waals surface area (Å²) in [4.78, 5) is 16.2. The maximum Gasteiger partial charge on any atom is 0.354 e. The van der Waals surface area contributed by atoms with Crippen LogP contribution in [0, 0.1) is 18.3 Å². The number of carbonyl (C=O) groups is 1. The van der Waals surface area contributed by atoms with Crippen LogP contribution in [0.5, 0.6) is 0 Å². The van der Waals surface area contributed by atoms with Crippen LogP contribution in [0.2, 0.25) is 0 Å². The summed E-state index contributed by atoms with van der Waals surface area (Å²) in [7, 11) is 0. The molecular weight excluding hydrogens is 260 g/mol. The van der Waals surface area contributed by atoms with Crippen molar-refractivity contribution < 1.29 is 9.90 Å². The number of aromatic nitrogens is 1. The average Bonchev–Trinajstić information content (AvgIpc) is 2.39. The summed E-state index contributed by atoms with van der Waals surface area (Å²) >= 11 is 1.36. The van der Waals surface area contributed by atoms with E-state index in [-0.39, 0.29) is 5.69 Å². The van der Waals surface area contributed by atoms with Crippen LogP contribution in [-0.2, 0) is 0 Å². The number of rotatable bonds is 3. The second-order valence-corrected chi connectivity index (χ2v) is 5.01. The van der Waals surface area contributed by atoms with Gasteiger partial charge >= 0.3 is 5.97 Å². The normalized spacial score (nSPS) is 9.89. The highest BCUT2D eigenvalue weighted by Gasteiger charge is 2.08. The zero-order valence-corrected chi connectivity index (χ0v) is 10.9. The van der Waals surface area contributed by atoms with Gasteiger partial charge in [-0.25, -0.2) is 9.78 Å². The molecule has 0 aliphatic carbocycles. The quantitative estimate of drug-likeness (QED) is 0.927. The molecule has 0 saturated heterocycles. The summed E-state index contributed by atoms with van der Waals surface area (Å²) in [6.45, 7) is 1.94. The van der Waals surface area contributed by atoms with E-state index in [0.29, 0.717) is 5.56 Å². The van der Waals surface area contributed by atoms with Gasteiger partial charge in [-0.3, -0.25) is 0 Å². The van der Waals surface area contributed by atoms with Gasteiger partial charge < -0.3 is 5.11 Å². The van der Waals surface area contributed by atoms with Crippen molar-refractivity contribution in [2.45, 2.75) is 16.7 Å². The smallest absolute Gasteiger partial charge is 0.354 e. The van der Waals surface area contributed by atoms with Crippen LogP contribution in [0.1, 0.15) is 21.6 Å². The highest BCUT2D eigenvalue weighted by Crippen LogP contribution is 2.31. The predicted molar refractivity (Wildman–Crippen MR) is 71.2 cm³/mol. The number of nitriles is 1. The van der Waals surface area contributed by atoms with Gasteiger partial charge in [0.15, 0.2) is 0 Å². The molecule has 1 heterocycles. The molecule has 0 spiro atoms. The fourth-order valence-corrected chi connectivity index (χ4v) is 2.55. The Morgan fingerprint density at radius 1 is 1.37 bits per heavy atom. The molecule has 2 aromatic rings. The summed E-state index contributed by atoms with van der Waals surface area (Å²) in [5, 5.41) is 18.0. The second kappa shape index (κ2) is 5.55. The summed E-state index contributed by atoms with van der Waals surface area (Å²) in [5.74, 6) is -1.06. The van der Waals surface area contributed by atoms with Gasteiger partial charge in [-0.1, -0.05) is 17.8 Å². The van der Waals surface area contributed by atoms with E-state index >= 15 is 0 Å². The topological polar surface area (TPSA) is 74.0 Å². The van der Waals surface area contributed by atoms with E-state index in [1.165, 1.54) is 24.0 Å². The van der Waals surface area contributed by atoms with Crippen LogP contribution >= 0.6 is 11.8 Å². The molecule has 5 heteroatoms. The number of aromatic carboxylic acids is 1. The van der Waals surface area contributed by atoms with Gasteiger partial charge in [0.25, 0.3) is 0 Å². The minimum atomic E-state index is -1.06. The number of hydrogen-bond donors (Lipinski definition) is 1. The monoisotopic (exact) mass is 270 g/mol. The minimum Gasteiger partial charge on any atom is -0.477 e. The van der Waals surface area contributed by atoms with Crippen LogP contribution in [0.3, 0.4) is 0 Å². The molecular formula is C14H10N2O2S. The first kappa shape index (κ1) is 13.1. The fraction of sp³-hybridized carbons (Fsp3) is 0.0714. The third kappa shape index (κ3) is 3.12. The van der Waals surface area contributed by atoms with Crippen LogP contribution in [0.25, 0.3) is 0 Å². The van der Waals surface area contributed by atoms with Crippen molar-refractivity contribution >= 4 is 17.7 Å². The van der Waals surface area contributed by atoms with Gasteiger partial charge in [0.05, 0.1) is 5.56 Å². The Labute approximate surface area is 114 Å². The van der Waals surface area contributed by atoms with Crippen molar-refractivity contribution in [1.29, 1.82) is 5.26 Å². The molecule has 0 bridgehead atoms. The molecule has 0 amide bonds. The third-order valence-corrected chi connectivity index (χ3v) is 3.48. The molecule has 19 heavy (non-hydrogen) atoms. The molecule has 0 unspecified atom stereocenters. The molecule has 0 atom stereocenters. The van der Waals surface area contributed by atoms with Gasteiger partial charge in [-0.05, 0) is 36.8 Å². The lowest BCUT2D eigenvalue weighted by Gasteiger charge is -2.05. The van der Waals surface area contributed by atoms with Crippen molar-refractivity contribution in [3.05, 3.63) is 53.3 Å². The van der Waals surface area contributed by atoms with Crippen LogP contribution in [-0.4, -0.2) is 16.1 Å². The molecule has 4 nitrogen and oxygen atoms in total. The minimum absolute atomic E-state index is 0.00355. The average molecular weight is 270 g/mol. The highest BCUT2D eigenvalue weighted by molar-refractivity contribution is 7.99. The van der Waals surface area contributed by atoms with E-state index in [4.69, 9.17) is 10.4 Å². The lowest BCUT2D eigenvalue weighted by molar-refractivity contribution is 0.0690. The largest absolute Gasteiger partial charge is 0.477 e. The van der Waals surface area contributed by atoms with E-state index in [1.807, 2.05) is 19.1 Å². The van der Waals surface area contributed by atoms with Gasteiger partial charge in [0.2, 0.25) is 0 Å². The zero-order valence-electron chi connectivity index (χ0n) is 10.1. The third-order valence-electron chi connectivity index (χ3n) is 2.44. The van der Waals surface area contributed by atoms with Crippen molar-refractivity contribution in [2.24, 2.45) is 0 Å². The van der Waals surface area contributed by atoms with Crippen LogP contribution < -0.4 is 0 Å². The number of hydrogen-bond acceptors (Lipinski definition) is 4. The van der Waals surface area contributed by atoms with E-state index in [1.54, 1.807) is 12.1 Å². The van der Waals surface area contributed by atoms with Crippen LogP contribution in [0.15, 0.2) is 46.3 Å². The summed E-state index contributed by atoms with van der Waals surface area (Å²) < 4.78 is 0. The summed E-state index contributed by atoms with van der Waals surface area (Å²) in [6, 6.07) is 10.9. The standard InChI is InChI=1S/C14H10N2O2S/c1-9-2-3-10(8-15)13(6-9)19-11-4-5-16-12(7-11)14(17)18/h2-7H,1H3,(H,17,18). The Balaban J connectivity index is 2.36. The number of carboxylic acid groups (broad SMARTS) is 1. The van der Waals surface area contributed by atoms with Crippen molar-refractivity contribution in [1.82, 2.24) is 4.98 Å². The molecule has 0 aliphatic rings. The first-order valence-electron chi connectivity index (χ1n) is 5.48. The van der Waals surface area contributed by atoms with Gasteiger partial charge in [-0.2, -0.15) is 5.26 Å². The molecule has 94 valence electrons. The Bertz CT molecular complexity index is 677. The van der Waals surface area contributed by atoms with E-state index in [9.17, 15) is 4.79 Å². The van der Waals surface area contributed by atoms with Crippen molar-refractivity contribution in [2.75, 3.05) is 0 Å². The number of nitrogens with zero attached hydrogens (tertiary/aromatic N) is 2. The summed E-state index contributed by atoms with van der Waals surface area (Å²) in [5.41, 5.74) is 1.62. The molecule has 1 aromatic carbocycles. The number of aryl methyl sites for hydroxylation is 1.